The Balaban J connectivity index is 1.55. The summed E-state index contributed by atoms with van der Waals surface area (Å²) in [6.07, 6.45) is 5.82. The lowest BCUT2D eigenvalue weighted by Crippen LogP contribution is -2.51. The third-order valence-corrected chi connectivity index (χ3v) is 4.99. The van der Waals surface area contributed by atoms with Gasteiger partial charge < -0.3 is 10.3 Å². The van der Waals surface area contributed by atoms with Gasteiger partial charge in [-0.15, -0.1) is 0 Å². The minimum atomic E-state index is -0.138. The second-order valence-corrected chi connectivity index (χ2v) is 6.44. The monoisotopic (exact) mass is 276 g/mol. The lowest BCUT2D eigenvalue weighted by Gasteiger charge is -2.33. The number of hydrogen-bond acceptors (Lipinski definition) is 3. The van der Waals surface area contributed by atoms with Crippen LogP contribution in [0.5, 0.6) is 0 Å². The van der Waals surface area contributed by atoms with E-state index in [0.29, 0.717) is 24.9 Å². The van der Waals surface area contributed by atoms with E-state index in [1.165, 1.54) is 6.42 Å². The second-order valence-electron chi connectivity index (χ2n) is 6.44. The quantitative estimate of drug-likeness (QED) is 0.764. The Morgan fingerprint density at radius 1 is 1.35 bits per heavy atom. The molecule has 4 unspecified atom stereocenters. The van der Waals surface area contributed by atoms with Crippen molar-refractivity contribution in [2.75, 3.05) is 0 Å². The topological polar surface area (TPSA) is 69.8 Å². The van der Waals surface area contributed by atoms with Gasteiger partial charge in [-0.25, -0.2) is 4.98 Å². The van der Waals surface area contributed by atoms with Crippen molar-refractivity contribution in [3.8, 4) is 0 Å². The molecule has 2 aliphatic rings. The molecule has 5 heteroatoms. The summed E-state index contributed by atoms with van der Waals surface area (Å²) in [7, 11) is 0. The van der Waals surface area contributed by atoms with Gasteiger partial charge in [0.05, 0.1) is 23.8 Å². The molecule has 4 atom stereocenters. The fourth-order valence-corrected chi connectivity index (χ4v) is 3.33. The molecule has 1 amide bonds. The van der Waals surface area contributed by atoms with E-state index < -0.39 is 0 Å². The van der Waals surface area contributed by atoms with Crippen LogP contribution in [0.15, 0.2) is 6.33 Å². The summed E-state index contributed by atoms with van der Waals surface area (Å²) in [5.74, 6) is 1.61. The Hall–Kier alpha value is -1.36. The Bertz CT molecular complexity index is 484. The number of amides is 1. The molecule has 1 aliphatic carbocycles. The van der Waals surface area contributed by atoms with Gasteiger partial charge in [0, 0.05) is 19.0 Å². The van der Waals surface area contributed by atoms with E-state index in [0.717, 1.165) is 30.1 Å². The first-order valence-electron chi connectivity index (χ1n) is 7.68. The highest BCUT2D eigenvalue weighted by Gasteiger charge is 2.30. The molecular formula is C15H24N4O. The van der Waals surface area contributed by atoms with Gasteiger partial charge in [-0.05, 0) is 31.1 Å². The van der Waals surface area contributed by atoms with Crippen LogP contribution in [0.25, 0.3) is 0 Å². The highest BCUT2D eigenvalue weighted by atomic mass is 16.2. The average molecular weight is 276 g/mol. The van der Waals surface area contributed by atoms with Crippen molar-refractivity contribution >= 4 is 5.91 Å². The zero-order valence-corrected chi connectivity index (χ0v) is 12.3. The van der Waals surface area contributed by atoms with E-state index in [4.69, 9.17) is 0 Å². The van der Waals surface area contributed by atoms with Crippen LogP contribution in [0.1, 0.15) is 44.5 Å². The summed E-state index contributed by atoms with van der Waals surface area (Å²) in [6.45, 7) is 5.30. The van der Waals surface area contributed by atoms with Crippen molar-refractivity contribution in [2.24, 2.45) is 11.8 Å². The molecule has 0 radical (unpaired) electrons. The van der Waals surface area contributed by atoms with E-state index in [9.17, 15) is 4.79 Å². The van der Waals surface area contributed by atoms with Crippen molar-refractivity contribution in [3.05, 3.63) is 17.7 Å². The average Bonchev–Trinajstić information content (AvgIpc) is 2.90. The van der Waals surface area contributed by atoms with Gasteiger partial charge in [-0.3, -0.25) is 10.1 Å². The molecule has 0 saturated heterocycles. The second kappa shape index (κ2) is 5.56. The van der Waals surface area contributed by atoms with Gasteiger partial charge in [0.15, 0.2) is 0 Å². The molecule has 110 valence electrons. The van der Waals surface area contributed by atoms with Gasteiger partial charge in [0.2, 0.25) is 5.91 Å². The number of carbonyl (C=O) groups is 1. The molecule has 0 aromatic carbocycles. The SMILES string of the molecule is CC1CCC(NC(=O)C2Cc3nc[nH]c3CN2)CC1C. The van der Waals surface area contributed by atoms with E-state index in [1.54, 1.807) is 6.33 Å². The maximum absolute atomic E-state index is 12.4. The molecule has 3 N–H and O–H groups in total. The third-order valence-electron chi connectivity index (χ3n) is 4.99. The van der Waals surface area contributed by atoms with E-state index in [2.05, 4.69) is 34.4 Å². The Morgan fingerprint density at radius 3 is 3.00 bits per heavy atom. The molecule has 3 rings (SSSR count). The van der Waals surface area contributed by atoms with E-state index in [1.807, 2.05) is 0 Å². The summed E-state index contributed by atoms with van der Waals surface area (Å²) in [5.41, 5.74) is 2.13. The number of fused-ring (bicyclic) bond motifs is 1. The van der Waals surface area contributed by atoms with Gasteiger partial charge in [0.25, 0.3) is 0 Å². The molecule has 2 heterocycles. The predicted molar refractivity (Wildman–Crippen MR) is 77.0 cm³/mol. The normalized spacial score (nSPS) is 33.5. The standard InChI is InChI=1S/C15H24N4O/c1-9-3-4-11(5-10(9)2)19-15(20)13-6-12-14(7-16-13)18-8-17-12/h8-11,13,16H,3-7H2,1-2H3,(H,17,18)(H,19,20). The van der Waals surface area contributed by atoms with Crippen LogP contribution in [0.3, 0.4) is 0 Å². The zero-order chi connectivity index (χ0) is 14.1. The number of carbonyl (C=O) groups excluding carboxylic acids is 1. The van der Waals surface area contributed by atoms with Gasteiger partial charge in [0.1, 0.15) is 0 Å². The van der Waals surface area contributed by atoms with Crippen LogP contribution in [0.4, 0.5) is 0 Å². The number of aromatic nitrogens is 2. The van der Waals surface area contributed by atoms with Crippen molar-refractivity contribution < 1.29 is 4.79 Å². The van der Waals surface area contributed by atoms with E-state index >= 15 is 0 Å². The van der Waals surface area contributed by atoms with Crippen LogP contribution in [-0.4, -0.2) is 28.0 Å². The predicted octanol–water partition coefficient (Wildman–Crippen LogP) is 1.36. The molecule has 20 heavy (non-hydrogen) atoms. The molecular weight excluding hydrogens is 252 g/mol. The summed E-state index contributed by atoms with van der Waals surface area (Å²) in [5, 5.41) is 6.51. The molecule has 1 aromatic heterocycles. The number of imidazole rings is 1. The van der Waals surface area contributed by atoms with Crippen LogP contribution in [0, 0.1) is 11.8 Å². The fourth-order valence-electron chi connectivity index (χ4n) is 3.33. The summed E-state index contributed by atoms with van der Waals surface area (Å²) >= 11 is 0. The van der Waals surface area contributed by atoms with E-state index in [-0.39, 0.29) is 11.9 Å². The minimum absolute atomic E-state index is 0.130. The lowest BCUT2D eigenvalue weighted by molar-refractivity contribution is -0.124. The smallest absolute Gasteiger partial charge is 0.237 e. The maximum atomic E-state index is 12.4. The first-order valence-corrected chi connectivity index (χ1v) is 7.68. The van der Waals surface area contributed by atoms with Gasteiger partial charge >= 0.3 is 0 Å². The Labute approximate surface area is 119 Å². The Kier molecular flexibility index (Phi) is 3.78. The first-order chi connectivity index (χ1) is 9.63. The van der Waals surface area contributed by atoms with Gasteiger partial charge in [-0.2, -0.15) is 0 Å². The Morgan fingerprint density at radius 2 is 2.20 bits per heavy atom. The van der Waals surface area contributed by atoms with Crippen LogP contribution in [-0.2, 0) is 17.8 Å². The molecule has 0 bridgehead atoms. The summed E-state index contributed by atoms with van der Waals surface area (Å²) in [6, 6.07) is 0.205. The molecule has 0 spiro atoms. The van der Waals surface area contributed by atoms with Crippen molar-refractivity contribution in [2.45, 2.75) is 58.2 Å². The third kappa shape index (κ3) is 2.73. The van der Waals surface area contributed by atoms with Crippen molar-refractivity contribution in [1.29, 1.82) is 0 Å². The molecule has 1 saturated carbocycles. The molecule has 1 aliphatic heterocycles. The zero-order valence-electron chi connectivity index (χ0n) is 12.3. The van der Waals surface area contributed by atoms with Crippen molar-refractivity contribution in [1.82, 2.24) is 20.6 Å². The molecule has 5 nitrogen and oxygen atoms in total. The fraction of sp³-hybridized carbons (Fsp3) is 0.733. The summed E-state index contributed by atoms with van der Waals surface area (Å²) in [4.78, 5) is 19.8. The van der Waals surface area contributed by atoms with Crippen LogP contribution >= 0.6 is 0 Å². The number of hydrogen-bond donors (Lipinski definition) is 3. The summed E-state index contributed by atoms with van der Waals surface area (Å²) < 4.78 is 0. The highest BCUT2D eigenvalue weighted by molar-refractivity contribution is 5.82. The van der Waals surface area contributed by atoms with Crippen molar-refractivity contribution in [3.63, 3.8) is 0 Å². The van der Waals surface area contributed by atoms with Crippen LogP contribution in [0.2, 0.25) is 0 Å². The number of rotatable bonds is 2. The molecule has 1 fully saturated rings. The number of nitrogens with one attached hydrogen (secondary N) is 3. The maximum Gasteiger partial charge on any atom is 0.237 e. The largest absolute Gasteiger partial charge is 0.352 e. The number of aromatic amines is 1. The molecule has 1 aromatic rings. The highest BCUT2D eigenvalue weighted by Crippen LogP contribution is 2.29. The minimum Gasteiger partial charge on any atom is -0.352 e. The number of H-pyrrole nitrogens is 1. The first kappa shape index (κ1) is 13.6. The number of nitrogens with zero attached hydrogens (tertiary/aromatic N) is 1. The lowest BCUT2D eigenvalue weighted by atomic mass is 9.79. The van der Waals surface area contributed by atoms with Gasteiger partial charge in [-0.1, -0.05) is 13.8 Å². The van der Waals surface area contributed by atoms with Crippen LogP contribution < -0.4 is 10.6 Å².